The zero-order chi connectivity index (χ0) is 20.1. The zero-order valence-corrected chi connectivity index (χ0v) is 17.0. The number of benzene rings is 2. The lowest BCUT2D eigenvalue weighted by atomic mass is 10.2. The maximum atomic E-state index is 12.8. The van der Waals surface area contributed by atoms with Crippen molar-refractivity contribution in [3.8, 4) is 0 Å². The Kier molecular flexibility index (Phi) is 6.54. The molecule has 0 saturated carbocycles. The second-order valence-electron chi connectivity index (χ2n) is 6.28. The van der Waals surface area contributed by atoms with Crippen molar-refractivity contribution in [2.24, 2.45) is 0 Å². The minimum Gasteiger partial charge on any atom is -0.341 e. The lowest BCUT2D eigenvalue weighted by molar-refractivity contribution is -0.127. The van der Waals surface area contributed by atoms with E-state index in [-0.39, 0.29) is 17.2 Å². The van der Waals surface area contributed by atoms with Crippen molar-refractivity contribution in [1.29, 1.82) is 0 Å². The first-order valence-corrected chi connectivity index (χ1v) is 10.1. The van der Waals surface area contributed by atoms with Crippen LogP contribution in [-0.2, 0) is 17.9 Å². The van der Waals surface area contributed by atoms with Crippen LogP contribution in [0.4, 0.5) is 0 Å². The van der Waals surface area contributed by atoms with Gasteiger partial charge in [-0.15, -0.1) is 6.58 Å². The quantitative estimate of drug-likeness (QED) is 0.334. The van der Waals surface area contributed by atoms with E-state index < -0.39 is 0 Å². The molecule has 1 amide bonds. The number of thioether (sulfide) groups is 1. The van der Waals surface area contributed by atoms with Crippen LogP contribution in [0.5, 0.6) is 0 Å². The summed E-state index contributed by atoms with van der Waals surface area (Å²) in [6.45, 7) is 4.55. The molecule has 0 bridgehead atoms. The van der Waals surface area contributed by atoms with E-state index in [1.807, 2.05) is 30.3 Å². The summed E-state index contributed by atoms with van der Waals surface area (Å²) in [4.78, 5) is 31.6. The molecule has 5 nitrogen and oxygen atoms in total. The van der Waals surface area contributed by atoms with E-state index in [0.29, 0.717) is 34.2 Å². The highest BCUT2D eigenvalue weighted by Gasteiger charge is 2.15. The predicted octanol–water partition coefficient (Wildman–Crippen LogP) is 3.99. The smallest absolute Gasteiger partial charge is 0.262 e. The number of hydrogen-bond donors (Lipinski definition) is 0. The molecule has 7 heteroatoms. The second kappa shape index (κ2) is 9.08. The van der Waals surface area contributed by atoms with E-state index in [0.717, 1.165) is 5.56 Å². The van der Waals surface area contributed by atoms with Crippen LogP contribution in [0.1, 0.15) is 5.56 Å². The largest absolute Gasteiger partial charge is 0.341 e. The topological polar surface area (TPSA) is 55.2 Å². The maximum Gasteiger partial charge on any atom is 0.262 e. The Morgan fingerprint density at radius 3 is 2.75 bits per heavy atom. The minimum atomic E-state index is -0.194. The Bertz CT molecular complexity index is 1070. The highest BCUT2D eigenvalue weighted by molar-refractivity contribution is 7.99. The first kappa shape index (κ1) is 20.2. The minimum absolute atomic E-state index is 0.0375. The second-order valence-corrected chi connectivity index (χ2v) is 7.66. The van der Waals surface area contributed by atoms with E-state index >= 15 is 0 Å². The molecular weight excluding hydrogens is 394 g/mol. The number of halogens is 1. The van der Waals surface area contributed by atoms with Gasteiger partial charge in [0.1, 0.15) is 0 Å². The van der Waals surface area contributed by atoms with Crippen molar-refractivity contribution in [2.45, 2.75) is 18.2 Å². The van der Waals surface area contributed by atoms with Crippen LogP contribution in [-0.4, -0.2) is 33.2 Å². The van der Waals surface area contributed by atoms with E-state index in [1.165, 1.54) is 16.3 Å². The van der Waals surface area contributed by atoms with Crippen molar-refractivity contribution < 1.29 is 4.79 Å². The molecule has 0 saturated heterocycles. The Morgan fingerprint density at radius 1 is 1.29 bits per heavy atom. The molecule has 0 unspecified atom stereocenters. The predicted molar refractivity (Wildman–Crippen MR) is 115 cm³/mol. The van der Waals surface area contributed by atoms with Gasteiger partial charge in [0.05, 0.1) is 16.7 Å². The molecule has 144 valence electrons. The number of rotatable bonds is 7. The van der Waals surface area contributed by atoms with Crippen molar-refractivity contribution in [3.63, 3.8) is 0 Å². The van der Waals surface area contributed by atoms with Gasteiger partial charge in [-0.25, -0.2) is 4.98 Å². The van der Waals surface area contributed by atoms with Crippen LogP contribution < -0.4 is 5.56 Å². The van der Waals surface area contributed by atoms with Crippen LogP contribution >= 0.6 is 23.4 Å². The molecule has 28 heavy (non-hydrogen) atoms. The van der Waals surface area contributed by atoms with Crippen molar-refractivity contribution in [1.82, 2.24) is 14.5 Å². The molecule has 0 fully saturated rings. The fourth-order valence-electron chi connectivity index (χ4n) is 2.75. The van der Waals surface area contributed by atoms with Crippen molar-refractivity contribution >= 4 is 40.2 Å². The standard InChI is InChI=1S/C21H20ClN3O2S/c1-3-11-25-20(27)17-12-16(22)9-10-18(17)23-21(25)28-14-19(26)24(2)13-15-7-5-4-6-8-15/h3-10,12H,1,11,13-14H2,2H3. The Labute approximate surface area is 172 Å². The summed E-state index contributed by atoms with van der Waals surface area (Å²) in [5.74, 6) is 0.149. The van der Waals surface area contributed by atoms with E-state index in [1.54, 1.807) is 36.2 Å². The Hall–Kier alpha value is -2.57. The molecule has 3 aromatic rings. The molecule has 0 N–H and O–H groups in total. The molecular formula is C21H20ClN3O2S. The zero-order valence-electron chi connectivity index (χ0n) is 15.5. The molecule has 1 heterocycles. The first-order chi connectivity index (χ1) is 13.5. The molecule has 0 atom stereocenters. The lowest BCUT2D eigenvalue weighted by Gasteiger charge is -2.17. The molecule has 0 aliphatic rings. The average Bonchev–Trinajstić information content (AvgIpc) is 2.70. The summed E-state index contributed by atoms with van der Waals surface area (Å²) in [7, 11) is 1.77. The van der Waals surface area contributed by atoms with Gasteiger partial charge in [-0.1, -0.05) is 59.8 Å². The van der Waals surface area contributed by atoms with Crippen LogP contribution in [0, 0.1) is 0 Å². The van der Waals surface area contributed by atoms with Crippen LogP contribution in [0.25, 0.3) is 10.9 Å². The highest BCUT2D eigenvalue weighted by Crippen LogP contribution is 2.21. The van der Waals surface area contributed by atoms with Crippen LogP contribution in [0.15, 0.2) is 71.1 Å². The molecule has 2 aromatic carbocycles. The first-order valence-electron chi connectivity index (χ1n) is 8.71. The summed E-state index contributed by atoms with van der Waals surface area (Å²) >= 11 is 7.26. The maximum absolute atomic E-state index is 12.8. The van der Waals surface area contributed by atoms with Gasteiger partial charge < -0.3 is 4.90 Å². The van der Waals surface area contributed by atoms with Gasteiger partial charge in [0.25, 0.3) is 5.56 Å². The number of allylic oxidation sites excluding steroid dienone is 1. The lowest BCUT2D eigenvalue weighted by Crippen LogP contribution is -2.28. The molecule has 0 radical (unpaired) electrons. The summed E-state index contributed by atoms with van der Waals surface area (Å²) in [6, 6.07) is 14.8. The summed E-state index contributed by atoms with van der Waals surface area (Å²) in [6.07, 6.45) is 1.63. The third-order valence-corrected chi connectivity index (χ3v) is 5.40. The number of carbonyl (C=O) groups is 1. The van der Waals surface area contributed by atoms with Gasteiger partial charge >= 0.3 is 0 Å². The normalized spacial score (nSPS) is 10.8. The molecule has 1 aromatic heterocycles. The monoisotopic (exact) mass is 413 g/mol. The van der Waals surface area contributed by atoms with Crippen molar-refractivity contribution in [2.75, 3.05) is 12.8 Å². The van der Waals surface area contributed by atoms with E-state index in [4.69, 9.17) is 11.6 Å². The summed E-state index contributed by atoms with van der Waals surface area (Å²) in [5, 5.41) is 1.42. The molecule has 0 spiro atoms. The van der Waals surface area contributed by atoms with Gasteiger partial charge in [0.15, 0.2) is 5.16 Å². The fraction of sp³-hybridized carbons (Fsp3) is 0.190. The van der Waals surface area contributed by atoms with Gasteiger partial charge in [0, 0.05) is 25.2 Å². The van der Waals surface area contributed by atoms with Crippen molar-refractivity contribution in [3.05, 3.63) is 82.1 Å². The number of hydrogen-bond acceptors (Lipinski definition) is 4. The van der Waals surface area contributed by atoms with Gasteiger partial charge in [0.2, 0.25) is 5.91 Å². The molecule has 3 rings (SSSR count). The van der Waals surface area contributed by atoms with Gasteiger partial charge in [-0.3, -0.25) is 14.2 Å². The number of aromatic nitrogens is 2. The molecule has 0 aliphatic heterocycles. The Balaban J connectivity index is 1.80. The Morgan fingerprint density at radius 2 is 2.04 bits per heavy atom. The highest BCUT2D eigenvalue weighted by atomic mass is 35.5. The van der Waals surface area contributed by atoms with Gasteiger partial charge in [-0.05, 0) is 23.8 Å². The van der Waals surface area contributed by atoms with E-state index in [2.05, 4.69) is 11.6 Å². The molecule has 0 aliphatic carbocycles. The van der Waals surface area contributed by atoms with Crippen LogP contribution in [0.3, 0.4) is 0 Å². The number of carbonyl (C=O) groups excluding carboxylic acids is 1. The number of amides is 1. The van der Waals surface area contributed by atoms with E-state index in [9.17, 15) is 9.59 Å². The average molecular weight is 414 g/mol. The fourth-order valence-corrected chi connectivity index (χ4v) is 3.88. The third kappa shape index (κ3) is 4.64. The number of nitrogens with zero attached hydrogens (tertiary/aromatic N) is 3. The summed E-state index contributed by atoms with van der Waals surface area (Å²) in [5.41, 5.74) is 1.43. The summed E-state index contributed by atoms with van der Waals surface area (Å²) < 4.78 is 1.51. The number of fused-ring (bicyclic) bond motifs is 1. The third-order valence-electron chi connectivity index (χ3n) is 4.21. The van der Waals surface area contributed by atoms with Crippen LogP contribution in [0.2, 0.25) is 5.02 Å². The van der Waals surface area contributed by atoms with Gasteiger partial charge in [-0.2, -0.15) is 0 Å². The SMILES string of the molecule is C=CCn1c(SCC(=O)N(C)Cc2ccccc2)nc2ccc(Cl)cc2c1=O.